The van der Waals surface area contributed by atoms with E-state index in [1.165, 1.54) is 0 Å². The molecule has 2 heterocycles. The summed E-state index contributed by atoms with van der Waals surface area (Å²) in [5.74, 6) is 1.06. The van der Waals surface area contributed by atoms with Gasteiger partial charge in [-0.3, -0.25) is 4.90 Å². The van der Waals surface area contributed by atoms with Crippen LogP contribution in [0.15, 0.2) is 22.8 Å². The average molecular weight is 284 g/mol. The molecule has 1 aromatic rings. The molecule has 2 rings (SSSR count). The molecule has 1 aliphatic rings. The van der Waals surface area contributed by atoms with Gasteiger partial charge in [0.15, 0.2) is 0 Å². The number of halogens is 1. The Morgan fingerprint density at radius 1 is 1.31 bits per heavy atom. The van der Waals surface area contributed by atoms with Crippen molar-refractivity contribution < 1.29 is 0 Å². The molecule has 0 bridgehead atoms. The van der Waals surface area contributed by atoms with Gasteiger partial charge in [0.25, 0.3) is 0 Å². The lowest BCUT2D eigenvalue weighted by molar-refractivity contribution is 0.169. The van der Waals surface area contributed by atoms with Crippen LogP contribution in [0.1, 0.15) is 13.8 Å². The summed E-state index contributed by atoms with van der Waals surface area (Å²) >= 11 is 3.57. The molecule has 4 heteroatoms. The monoisotopic (exact) mass is 283 g/mol. The molecular formula is C12H18BrN3. The van der Waals surface area contributed by atoms with Gasteiger partial charge in [-0.15, -0.1) is 0 Å². The van der Waals surface area contributed by atoms with E-state index in [4.69, 9.17) is 0 Å². The molecule has 3 nitrogen and oxygen atoms in total. The van der Waals surface area contributed by atoms with Crippen LogP contribution in [0, 0.1) is 0 Å². The van der Waals surface area contributed by atoms with E-state index in [-0.39, 0.29) is 0 Å². The fourth-order valence-corrected chi connectivity index (χ4v) is 2.69. The van der Waals surface area contributed by atoms with Gasteiger partial charge < -0.3 is 4.90 Å². The van der Waals surface area contributed by atoms with Crippen LogP contribution >= 0.6 is 15.9 Å². The van der Waals surface area contributed by atoms with E-state index >= 15 is 0 Å². The van der Waals surface area contributed by atoms with Crippen molar-refractivity contribution in [2.75, 3.05) is 25.0 Å². The zero-order valence-corrected chi connectivity index (χ0v) is 11.6. The molecule has 2 unspecified atom stereocenters. The summed E-state index contributed by atoms with van der Waals surface area (Å²) in [5, 5.41) is 0. The maximum atomic E-state index is 4.46. The Bertz CT molecular complexity index is 357. The standard InChI is InChI=1S/C12H18BrN3/c1-9-7-16(8-10(2)15(9)3)12-11(13)5-4-6-14-12/h4-6,9-10H,7-8H2,1-3H3. The van der Waals surface area contributed by atoms with Crippen LogP contribution < -0.4 is 4.90 Å². The first-order valence-corrected chi connectivity index (χ1v) is 6.46. The summed E-state index contributed by atoms with van der Waals surface area (Å²) in [5.41, 5.74) is 0. The molecule has 1 saturated heterocycles. The van der Waals surface area contributed by atoms with Gasteiger partial charge in [0, 0.05) is 31.4 Å². The minimum atomic E-state index is 0.567. The number of hydrogen-bond acceptors (Lipinski definition) is 3. The maximum absolute atomic E-state index is 4.46. The molecule has 0 aromatic carbocycles. The Labute approximate surface area is 106 Å². The number of likely N-dealkylation sites (N-methyl/N-ethyl adjacent to an activating group) is 1. The Hall–Kier alpha value is -0.610. The highest BCUT2D eigenvalue weighted by Crippen LogP contribution is 2.26. The summed E-state index contributed by atoms with van der Waals surface area (Å²) in [6.45, 7) is 6.60. The van der Waals surface area contributed by atoms with Gasteiger partial charge in [0.05, 0.1) is 4.47 Å². The molecule has 1 aliphatic heterocycles. The first-order chi connectivity index (χ1) is 7.59. The van der Waals surface area contributed by atoms with Crippen molar-refractivity contribution in [2.45, 2.75) is 25.9 Å². The topological polar surface area (TPSA) is 19.4 Å². The van der Waals surface area contributed by atoms with Gasteiger partial charge in [0.1, 0.15) is 5.82 Å². The fourth-order valence-electron chi connectivity index (χ4n) is 2.19. The number of piperazine rings is 1. The maximum Gasteiger partial charge on any atom is 0.142 e. The molecule has 0 saturated carbocycles. The molecule has 1 fully saturated rings. The number of nitrogens with zero attached hydrogens (tertiary/aromatic N) is 3. The smallest absolute Gasteiger partial charge is 0.142 e. The first-order valence-electron chi connectivity index (χ1n) is 5.67. The van der Waals surface area contributed by atoms with E-state index in [9.17, 15) is 0 Å². The summed E-state index contributed by atoms with van der Waals surface area (Å²) in [7, 11) is 2.19. The van der Waals surface area contributed by atoms with Gasteiger partial charge >= 0.3 is 0 Å². The molecule has 0 spiro atoms. The van der Waals surface area contributed by atoms with Crippen LogP contribution in [0.4, 0.5) is 5.82 Å². The third-order valence-corrected chi connectivity index (χ3v) is 4.02. The zero-order chi connectivity index (χ0) is 11.7. The fraction of sp³-hybridized carbons (Fsp3) is 0.583. The van der Waals surface area contributed by atoms with Crippen LogP contribution in [0.25, 0.3) is 0 Å². The molecule has 88 valence electrons. The SMILES string of the molecule is CC1CN(c2ncccc2Br)CC(C)N1C. The van der Waals surface area contributed by atoms with Crippen molar-refractivity contribution in [3.8, 4) is 0 Å². The molecule has 1 aromatic heterocycles. The van der Waals surface area contributed by atoms with Crippen LogP contribution in [0.3, 0.4) is 0 Å². The van der Waals surface area contributed by atoms with Crippen LogP contribution in [-0.2, 0) is 0 Å². The van der Waals surface area contributed by atoms with Crippen molar-refractivity contribution in [1.82, 2.24) is 9.88 Å². The summed E-state index contributed by atoms with van der Waals surface area (Å²) in [6.07, 6.45) is 1.85. The summed E-state index contributed by atoms with van der Waals surface area (Å²) in [4.78, 5) is 9.24. The van der Waals surface area contributed by atoms with Crippen molar-refractivity contribution in [1.29, 1.82) is 0 Å². The molecule has 0 radical (unpaired) electrons. The van der Waals surface area contributed by atoms with E-state index in [2.05, 4.69) is 57.7 Å². The van der Waals surface area contributed by atoms with E-state index in [1.54, 1.807) is 0 Å². The Morgan fingerprint density at radius 3 is 2.50 bits per heavy atom. The van der Waals surface area contributed by atoms with Crippen LogP contribution in [0.5, 0.6) is 0 Å². The second-order valence-corrected chi connectivity index (χ2v) is 5.43. The molecule has 0 N–H and O–H groups in total. The predicted octanol–water partition coefficient (Wildman–Crippen LogP) is 2.37. The molecular weight excluding hydrogens is 266 g/mol. The number of anilines is 1. The molecule has 0 amide bonds. The van der Waals surface area contributed by atoms with E-state index < -0.39 is 0 Å². The Kier molecular flexibility index (Phi) is 3.50. The number of pyridine rings is 1. The van der Waals surface area contributed by atoms with E-state index in [1.807, 2.05) is 12.3 Å². The number of hydrogen-bond donors (Lipinski definition) is 0. The highest BCUT2D eigenvalue weighted by molar-refractivity contribution is 9.10. The van der Waals surface area contributed by atoms with Gasteiger partial charge in [0.2, 0.25) is 0 Å². The predicted molar refractivity (Wildman–Crippen MR) is 70.8 cm³/mol. The minimum Gasteiger partial charge on any atom is -0.353 e. The average Bonchev–Trinajstić information content (AvgIpc) is 2.26. The lowest BCUT2D eigenvalue weighted by atomic mass is 10.1. The van der Waals surface area contributed by atoms with Gasteiger partial charge in [-0.05, 0) is 49.0 Å². The van der Waals surface area contributed by atoms with Gasteiger partial charge in [-0.1, -0.05) is 0 Å². The van der Waals surface area contributed by atoms with Crippen LogP contribution in [0.2, 0.25) is 0 Å². The quantitative estimate of drug-likeness (QED) is 0.789. The van der Waals surface area contributed by atoms with E-state index in [0.717, 1.165) is 23.4 Å². The van der Waals surface area contributed by atoms with Crippen molar-refractivity contribution >= 4 is 21.7 Å². The van der Waals surface area contributed by atoms with Gasteiger partial charge in [-0.2, -0.15) is 0 Å². The Morgan fingerprint density at radius 2 is 1.94 bits per heavy atom. The first kappa shape index (κ1) is 11.9. The van der Waals surface area contributed by atoms with Crippen molar-refractivity contribution in [3.05, 3.63) is 22.8 Å². The third-order valence-electron chi connectivity index (χ3n) is 3.40. The Balaban J connectivity index is 2.20. The summed E-state index contributed by atoms with van der Waals surface area (Å²) < 4.78 is 1.08. The van der Waals surface area contributed by atoms with Crippen molar-refractivity contribution in [3.63, 3.8) is 0 Å². The zero-order valence-electron chi connectivity index (χ0n) is 10.0. The molecule has 16 heavy (non-hydrogen) atoms. The molecule has 2 atom stereocenters. The third kappa shape index (κ3) is 2.23. The normalized spacial score (nSPS) is 27.1. The highest BCUT2D eigenvalue weighted by atomic mass is 79.9. The minimum absolute atomic E-state index is 0.567. The van der Waals surface area contributed by atoms with Crippen molar-refractivity contribution in [2.24, 2.45) is 0 Å². The van der Waals surface area contributed by atoms with Crippen LogP contribution in [-0.4, -0.2) is 42.1 Å². The lowest BCUT2D eigenvalue weighted by Crippen LogP contribution is -2.55. The second-order valence-electron chi connectivity index (χ2n) is 4.58. The van der Waals surface area contributed by atoms with E-state index in [0.29, 0.717) is 12.1 Å². The summed E-state index contributed by atoms with van der Waals surface area (Å²) in [6, 6.07) is 5.14. The molecule has 0 aliphatic carbocycles. The number of rotatable bonds is 1. The number of aromatic nitrogens is 1. The lowest BCUT2D eigenvalue weighted by Gasteiger charge is -2.43. The largest absolute Gasteiger partial charge is 0.353 e. The second kappa shape index (κ2) is 4.72. The highest BCUT2D eigenvalue weighted by Gasteiger charge is 2.27. The van der Waals surface area contributed by atoms with Gasteiger partial charge in [-0.25, -0.2) is 4.98 Å².